The summed E-state index contributed by atoms with van der Waals surface area (Å²) >= 11 is 6.06. The summed E-state index contributed by atoms with van der Waals surface area (Å²) in [7, 11) is 0. The number of amides is 1. The van der Waals surface area contributed by atoms with Crippen molar-refractivity contribution in [2.75, 3.05) is 37.7 Å². The van der Waals surface area contributed by atoms with Crippen LogP contribution in [0, 0.1) is 13.8 Å². The maximum Gasteiger partial charge on any atom is 0.417 e. The first-order valence-corrected chi connectivity index (χ1v) is 9.98. The van der Waals surface area contributed by atoms with E-state index < -0.39 is 11.7 Å². The molecule has 0 N–H and O–H groups in total. The third-order valence-electron chi connectivity index (χ3n) is 4.98. The number of alkyl halides is 3. The van der Waals surface area contributed by atoms with Gasteiger partial charge in [-0.25, -0.2) is 4.98 Å². The van der Waals surface area contributed by atoms with Crippen LogP contribution in [0.1, 0.15) is 23.1 Å². The predicted octanol–water partition coefficient (Wildman–Crippen LogP) is 4.49. The second-order valence-electron chi connectivity index (χ2n) is 7.31. The van der Waals surface area contributed by atoms with Crippen LogP contribution in [0.2, 0.25) is 5.02 Å². The smallest absolute Gasteiger partial charge is 0.417 e. The van der Waals surface area contributed by atoms with Crippen molar-refractivity contribution >= 4 is 23.3 Å². The summed E-state index contributed by atoms with van der Waals surface area (Å²) in [6.07, 6.45) is -3.06. The van der Waals surface area contributed by atoms with Crippen LogP contribution in [0.3, 0.4) is 0 Å². The van der Waals surface area contributed by atoms with Crippen molar-refractivity contribution in [1.29, 1.82) is 0 Å². The zero-order valence-corrected chi connectivity index (χ0v) is 17.6. The number of hydrogen-bond donors (Lipinski definition) is 0. The molecule has 5 nitrogen and oxygen atoms in total. The Balaban J connectivity index is 1.60. The standard InChI is InChI=1S/C21H23ClF3N3O2/c1-14-4-5-18(15(2)10-14)30-13-19(29)27-6-3-7-28(9-8-27)20-17(22)11-16(12-26-20)21(23,24)25/h4-5,10-12H,3,6-9,13H2,1-2H3. The maximum atomic E-state index is 12.8. The van der Waals surface area contributed by atoms with Crippen molar-refractivity contribution in [3.05, 3.63) is 52.2 Å². The highest BCUT2D eigenvalue weighted by Gasteiger charge is 2.32. The number of halogens is 4. The maximum absolute atomic E-state index is 12.8. The van der Waals surface area contributed by atoms with E-state index in [0.29, 0.717) is 44.2 Å². The molecular weight excluding hydrogens is 419 g/mol. The van der Waals surface area contributed by atoms with Crippen LogP contribution >= 0.6 is 11.6 Å². The molecule has 2 heterocycles. The number of pyridine rings is 1. The first-order valence-electron chi connectivity index (χ1n) is 9.60. The van der Waals surface area contributed by atoms with E-state index in [1.165, 1.54) is 0 Å². The third-order valence-corrected chi connectivity index (χ3v) is 5.26. The molecule has 1 aliphatic heterocycles. The molecule has 0 atom stereocenters. The summed E-state index contributed by atoms with van der Waals surface area (Å²) in [5.74, 6) is 0.833. The van der Waals surface area contributed by atoms with Gasteiger partial charge < -0.3 is 14.5 Å². The molecule has 0 spiro atoms. The zero-order chi connectivity index (χ0) is 21.9. The molecule has 0 aliphatic carbocycles. The molecule has 1 aliphatic rings. The van der Waals surface area contributed by atoms with Crippen LogP contribution in [0.15, 0.2) is 30.5 Å². The second kappa shape index (κ2) is 9.12. The summed E-state index contributed by atoms with van der Waals surface area (Å²) in [4.78, 5) is 20.0. The first-order chi connectivity index (χ1) is 14.1. The monoisotopic (exact) mass is 441 g/mol. The van der Waals surface area contributed by atoms with Crippen LogP contribution in [0.4, 0.5) is 19.0 Å². The van der Waals surface area contributed by atoms with Gasteiger partial charge in [0.2, 0.25) is 0 Å². The lowest BCUT2D eigenvalue weighted by Crippen LogP contribution is -2.38. The minimum absolute atomic E-state index is 0.0530. The third kappa shape index (κ3) is 5.36. The van der Waals surface area contributed by atoms with Gasteiger partial charge in [-0.2, -0.15) is 13.2 Å². The molecular formula is C21H23ClF3N3O2. The fraction of sp³-hybridized carbons (Fsp3) is 0.429. The number of benzene rings is 1. The van der Waals surface area contributed by atoms with Crippen molar-refractivity contribution in [3.8, 4) is 5.75 Å². The van der Waals surface area contributed by atoms with Gasteiger partial charge in [0.15, 0.2) is 6.61 Å². The van der Waals surface area contributed by atoms with Crippen LogP contribution in [0.5, 0.6) is 5.75 Å². The number of nitrogens with zero attached hydrogens (tertiary/aromatic N) is 3. The van der Waals surface area contributed by atoms with Gasteiger partial charge >= 0.3 is 6.18 Å². The summed E-state index contributed by atoms with van der Waals surface area (Å²) < 4.78 is 44.1. The van der Waals surface area contributed by atoms with Crippen molar-refractivity contribution in [1.82, 2.24) is 9.88 Å². The largest absolute Gasteiger partial charge is 0.484 e. The topological polar surface area (TPSA) is 45.7 Å². The fourth-order valence-electron chi connectivity index (χ4n) is 3.39. The van der Waals surface area contributed by atoms with E-state index in [1.807, 2.05) is 32.0 Å². The highest BCUT2D eigenvalue weighted by Crippen LogP contribution is 2.33. The van der Waals surface area contributed by atoms with E-state index >= 15 is 0 Å². The zero-order valence-electron chi connectivity index (χ0n) is 16.8. The molecule has 1 aromatic carbocycles. The van der Waals surface area contributed by atoms with Gasteiger partial charge in [-0.05, 0) is 38.0 Å². The molecule has 0 saturated carbocycles. The lowest BCUT2D eigenvalue weighted by atomic mass is 10.1. The molecule has 3 rings (SSSR count). The normalized spacial score (nSPS) is 15.1. The average Bonchev–Trinajstić information content (AvgIpc) is 2.92. The van der Waals surface area contributed by atoms with Crippen LogP contribution in [-0.4, -0.2) is 48.6 Å². The molecule has 1 amide bonds. The number of anilines is 1. The summed E-state index contributed by atoms with van der Waals surface area (Å²) in [6.45, 7) is 5.76. The minimum atomic E-state index is -4.49. The van der Waals surface area contributed by atoms with Gasteiger partial charge in [0.1, 0.15) is 11.6 Å². The average molecular weight is 442 g/mol. The van der Waals surface area contributed by atoms with E-state index in [-0.39, 0.29) is 17.5 Å². The van der Waals surface area contributed by atoms with Gasteiger partial charge in [-0.1, -0.05) is 29.3 Å². The van der Waals surface area contributed by atoms with Crippen molar-refractivity contribution in [2.24, 2.45) is 0 Å². The molecule has 9 heteroatoms. The van der Waals surface area contributed by atoms with E-state index in [4.69, 9.17) is 16.3 Å². The van der Waals surface area contributed by atoms with Crippen molar-refractivity contribution in [2.45, 2.75) is 26.4 Å². The highest BCUT2D eigenvalue weighted by molar-refractivity contribution is 6.33. The number of rotatable bonds is 4. The van der Waals surface area contributed by atoms with Gasteiger partial charge in [-0.15, -0.1) is 0 Å². The Morgan fingerprint density at radius 2 is 1.93 bits per heavy atom. The molecule has 30 heavy (non-hydrogen) atoms. The summed E-state index contributed by atoms with van der Waals surface area (Å²) in [5, 5.41) is -0.0530. The lowest BCUT2D eigenvalue weighted by Gasteiger charge is -2.24. The van der Waals surface area contributed by atoms with Crippen LogP contribution < -0.4 is 9.64 Å². The van der Waals surface area contributed by atoms with Crippen LogP contribution in [-0.2, 0) is 11.0 Å². The first kappa shape index (κ1) is 22.2. The van der Waals surface area contributed by atoms with Gasteiger partial charge in [0.25, 0.3) is 5.91 Å². The molecule has 0 radical (unpaired) electrons. The van der Waals surface area contributed by atoms with E-state index in [0.717, 1.165) is 23.4 Å². The molecule has 1 fully saturated rings. The van der Waals surface area contributed by atoms with Crippen LogP contribution in [0.25, 0.3) is 0 Å². The highest BCUT2D eigenvalue weighted by atomic mass is 35.5. The van der Waals surface area contributed by atoms with Crippen molar-refractivity contribution in [3.63, 3.8) is 0 Å². The Bertz CT molecular complexity index is 921. The number of aromatic nitrogens is 1. The van der Waals surface area contributed by atoms with E-state index in [9.17, 15) is 18.0 Å². The SMILES string of the molecule is Cc1ccc(OCC(=O)N2CCCN(c3ncc(C(F)(F)F)cc3Cl)CC2)c(C)c1. The number of ether oxygens (including phenoxy) is 1. The van der Waals surface area contributed by atoms with Gasteiger partial charge in [0, 0.05) is 32.4 Å². The second-order valence-corrected chi connectivity index (χ2v) is 7.71. The molecule has 2 aromatic rings. The van der Waals surface area contributed by atoms with Gasteiger partial charge in [0.05, 0.1) is 10.6 Å². The number of carbonyl (C=O) groups excluding carboxylic acids is 1. The molecule has 162 valence electrons. The fourth-order valence-corrected chi connectivity index (χ4v) is 3.67. The molecule has 0 unspecified atom stereocenters. The Labute approximate surface area is 178 Å². The Hall–Kier alpha value is -2.48. The number of hydrogen-bond acceptors (Lipinski definition) is 4. The van der Waals surface area contributed by atoms with Crippen molar-refractivity contribution < 1.29 is 22.7 Å². The number of aryl methyl sites for hydroxylation is 2. The lowest BCUT2D eigenvalue weighted by molar-refractivity contribution is -0.137. The van der Waals surface area contributed by atoms with Gasteiger partial charge in [-0.3, -0.25) is 4.79 Å². The van der Waals surface area contributed by atoms with E-state index in [2.05, 4.69) is 4.98 Å². The Kier molecular flexibility index (Phi) is 6.75. The quantitative estimate of drug-likeness (QED) is 0.701. The Morgan fingerprint density at radius 3 is 2.60 bits per heavy atom. The Morgan fingerprint density at radius 1 is 1.17 bits per heavy atom. The number of carbonyl (C=O) groups is 1. The summed E-state index contributed by atoms with van der Waals surface area (Å²) in [6, 6.07) is 6.65. The predicted molar refractivity (Wildman–Crippen MR) is 109 cm³/mol. The van der Waals surface area contributed by atoms with E-state index in [1.54, 1.807) is 9.80 Å². The molecule has 0 bridgehead atoms. The molecule has 1 aromatic heterocycles. The summed E-state index contributed by atoms with van der Waals surface area (Å²) in [5.41, 5.74) is 1.20. The molecule has 1 saturated heterocycles. The minimum Gasteiger partial charge on any atom is -0.484 e.